The van der Waals surface area contributed by atoms with E-state index in [1.807, 2.05) is 12.1 Å². The minimum atomic E-state index is -0.0557. The first-order valence-electron chi connectivity index (χ1n) is 6.75. The monoisotopic (exact) mass is 270 g/mol. The summed E-state index contributed by atoms with van der Waals surface area (Å²) in [7, 11) is 0. The van der Waals surface area contributed by atoms with E-state index in [-0.39, 0.29) is 5.41 Å². The highest BCUT2D eigenvalue weighted by atomic mass is 15.3. The number of nitrogens with two attached hydrogens (primary N) is 1. The molecule has 0 amide bonds. The van der Waals surface area contributed by atoms with Crippen molar-refractivity contribution >= 4 is 5.82 Å². The van der Waals surface area contributed by atoms with E-state index in [1.165, 1.54) is 11.1 Å². The van der Waals surface area contributed by atoms with Crippen molar-refractivity contribution in [1.29, 1.82) is 0 Å². The Kier molecular flexibility index (Phi) is 3.77. The van der Waals surface area contributed by atoms with Crippen molar-refractivity contribution in [1.82, 2.24) is 9.97 Å². The Morgan fingerprint density at radius 2 is 1.65 bits per heavy atom. The van der Waals surface area contributed by atoms with Gasteiger partial charge in [0.15, 0.2) is 5.82 Å². The van der Waals surface area contributed by atoms with Gasteiger partial charge in [-0.2, -0.15) is 0 Å². The molecule has 0 atom stereocenters. The maximum atomic E-state index is 5.54. The lowest BCUT2D eigenvalue weighted by molar-refractivity contribution is 0.568. The summed E-state index contributed by atoms with van der Waals surface area (Å²) in [5.74, 6) is 6.91. The Labute approximate surface area is 120 Å². The minimum absolute atomic E-state index is 0.0557. The van der Waals surface area contributed by atoms with Crippen molar-refractivity contribution in [3.8, 4) is 11.4 Å². The summed E-state index contributed by atoms with van der Waals surface area (Å²) in [6.07, 6.45) is 0. The van der Waals surface area contributed by atoms with Crippen molar-refractivity contribution in [3.63, 3.8) is 0 Å². The molecule has 20 heavy (non-hydrogen) atoms. The van der Waals surface area contributed by atoms with Crippen LogP contribution in [0.25, 0.3) is 11.4 Å². The van der Waals surface area contributed by atoms with Gasteiger partial charge in [-0.1, -0.05) is 39.0 Å². The van der Waals surface area contributed by atoms with Gasteiger partial charge in [0, 0.05) is 17.0 Å². The normalized spacial score (nSPS) is 11.5. The second-order valence-corrected chi connectivity index (χ2v) is 6.12. The Hall–Kier alpha value is -1.94. The molecule has 106 valence electrons. The van der Waals surface area contributed by atoms with Crippen molar-refractivity contribution in [2.45, 2.75) is 40.0 Å². The first-order valence-corrected chi connectivity index (χ1v) is 6.75. The summed E-state index contributed by atoms with van der Waals surface area (Å²) in [6.45, 7) is 10.5. The molecular formula is C16H22N4. The van der Waals surface area contributed by atoms with Crippen LogP contribution in [0.3, 0.4) is 0 Å². The summed E-state index contributed by atoms with van der Waals surface area (Å²) in [5.41, 5.74) is 6.96. The Morgan fingerprint density at radius 3 is 2.15 bits per heavy atom. The van der Waals surface area contributed by atoms with E-state index in [4.69, 9.17) is 10.8 Å². The number of nitrogens with one attached hydrogen (secondary N) is 1. The maximum Gasteiger partial charge on any atom is 0.162 e. The number of aromatic nitrogens is 2. The van der Waals surface area contributed by atoms with Crippen LogP contribution < -0.4 is 11.3 Å². The number of hydrazine groups is 1. The number of rotatable bonds is 2. The highest BCUT2D eigenvalue weighted by Crippen LogP contribution is 2.28. The van der Waals surface area contributed by atoms with Crippen molar-refractivity contribution in [3.05, 3.63) is 41.1 Å². The average Bonchev–Trinajstić information content (AvgIpc) is 2.37. The lowest BCUT2D eigenvalue weighted by atomic mass is 9.91. The molecule has 0 fully saturated rings. The van der Waals surface area contributed by atoms with Crippen LogP contribution in [0.2, 0.25) is 0 Å². The van der Waals surface area contributed by atoms with Crippen LogP contribution in [0.1, 0.15) is 37.6 Å². The quantitative estimate of drug-likeness (QED) is 0.649. The molecule has 0 unspecified atom stereocenters. The van der Waals surface area contributed by atoms with E-state index in [0.717, 1.165) is 17.1 Å². The predicted molar refractivity (Wildman–Crippen MR) is 83.5 cm³/mol. The van der Waals surface area contributed by atoms with E-state index in [9.17, 15) is 0 Å². The molecule has 1 aromatic heterocycles. The molecule has 0 aliphatic heterocycles. The molecule has 0 saturated heterocycles. The zero-order valence-corrected chi connectivity index (χ0v) is 12.8. The van der Waals surface area contributed by atoms with Gasteiger partial charge >= 0.3 is 0 Å². The first-order chi connectivity index (χ1) is 9.32. The number of hydrogen-bond acceptors (Lipinski definition) is 4. The van der Waals surface area contributed by atoms with Gasteiger partial charge in [-0.15, -0.1) is 0 Å². The Bertz CT molecular complexity index is 607. The zero-order valence-electron chi connectivity index (χ0n) is 12.8. The van der Waals surface area contributed by atoms with Gasteiger partial charge in [0.05, 0.1) is 5.69 Å². The fourth-order valence-electron chi connectivity index (χ4n) is 2.18. The fourth-order valence-corrected chi connectivity index (χ4v) is 2.18. The number of nitrogens with zero attached hydrogens (tertiary/aromatic N) is 2. The summed E-state index contributed by atoms with van der Waals surface area (Å²) >= 11 is 0. The molecule has 1 heterocycles. The number of aryl methyl sites for hydroxylation is 2. The van der Waals surface area contributed by atoms with Crippen LogP contribution in [-0.2, 0) is 5.41 Å². The molecule has 2 rings (SSSR count). The van der Waals surface area contributed by atoms with Crippen LogP contribution >= 0.6 is 0 Å². The largest absolute Gasteiger partial charge is 0.308 e. The van der Waals surface area contributed by atoms with E-state index in [1.54, 1.807) is 0 Å². The Morgan fingerprint density at radius 1 is 1.05 bits per heavy atom. The van der Waals surface area contributed by atoms with E-state index in [2.05, 4.69) is 57.2 Å². The fraction of sp³-hybridized carbons (Fsp3) is 0.375. The van der Waals surface area contributed by atoms with E-state index >= 15 is 0 Å². The van der Waals surface area contributed by atoms with Crippen LogP contribution in [0.4, 0.5) is 5.82 Å². The molecule has 0 aliphatic rings. The van der Waals surface area contributed by atoms with Crippen molar-refractivity contribution in [2.24, 2.45) is 5.84 Å². The Balaban J connectivity index is 2.68. The van der Waals surface area contributed by atoms with Gasteiger partial charge in [0.2, 0.25) is 0 Å². The number of benzene rings is 1. The number of anilines is 1. The third kappa shape index (κ3) is 2.80. The second-order valence-electron chi connectivity index (χ2n) is 6.12. The molecule has 0 aliphatic carbocycles. The standard InChI is InChI=1S/C16H22N4/c1-10-7-6-8-11(2)14(10)15-18-12(16(3,4)5)9-13(19-15)20-17/h6-9H,17H2,1-5H3,(H,18,19,20). The smallest absolute Gasteiger partial charge is 0.162 e. The number of hydrogen-bond donors (Lipinski definition) is 2. The van der Waals surface area contributed by atoms with Gasteiger partial charge in [-0.3, -0.25) is 0 Å². The summed E-state index contributed by atoms with van der Waals surface area (Å²) < 4.78 is 0. The molecule has 0 saturated carbocycles. The summed E-state index contributed by atoms with van der Waals surface area (Å²) in [4.78, 5) is 9.25. The highest BCUT2D eigenvalue weighted by molar-refractivity contribution is 5.66. The van der Waals surface area contributed by atoms with Gasteiger partial charge in [0.1, 0.15) is 5.82 Å². The van der Waals surface area contributed by atoms with Crippen molar-refractivity contribution in [2.75, 3.05) is 5.43 Å². The van der Waals surface area contributed by atoms with Gasteiger partial charge in [-0.05, 0) is 25.0 Å². The van der Waals surface area contributed by atoms with Gasteiger partial charge in [-0.25, -0.2) is 15.8 Å². The van der Waals surface area contributed by atoms with E-state index in [0.29, 0.717) is 5.82 Å². The topological polar surface area (TPSA) is 63.8 Å². The third-order valence-corrected chi connectivity index (χ3v) is 3.35. The third-order valence-electron chi connectivity index (χ3n) is 3.35. The average molecular weight is 270 g/mol. The molecule has 4 heteroatoms. The highest BCUT2D eigenvalue weighted by Gasteiger charge is 2.19. The molecule has 0 radical (unpaired) electrons. The summed E-state index contributed by atoms with van der Waals surface area (Å²) in [6, 6.07) is 8.09. The number of nitrogen functional groups attached to an aromatic ring is 1. The molecule has 4 nitrogen and oxygen atoms in total. The van der Waals surface area contributed by atoms with Gasteiger partial charge in [0.25, 0.3) is 0 Å². The molecule has 0 bridgehead atoms. The van der Waals surface area contributed by atoms with Crippen LogP contribution in [-0.4, -0.2) is 9.97 Å². The van der Waals surface area contributed by atoms with Crippen molar-refractivity contribution < 1.29 is 0 Å². The SMILES string of the molecule is Cc1cccc(C)c1-c1nc(NN)cc(C(C)(C)C)n1. The van der Waals surface area contributed by atoms with Gasteiger partial charge < -0.3 is 5.43 Å². The molecule has 1 aromatic carbocycles. The molecule has 0 spiro atoms. The van der Waals surface area contributed by atoms with E-state index < -0.39 is 0 Å². The zero-order chi connectivity index (χ0) is 14.9. The predicted octanol–water partition coefficient (Wildman–Crippen LogP) is 3.34. The summed E-state index contributed by atoms with van der Waals surface area (Å²) in [5, 5.41) is 0. The van der Waals surface area contributed by atoms with Crippen LogP contribution in [0, 0.1) is 13.8 Å². The first kappa shape index (κ1) is 14.5. The minimum Gasteiger partial charge on any atom is -0.308 e. The molecule has 3 N–H and O–H groups in total. The second kappa shape index (κ2) is 5.21. The van der Waals surface area contributed by atoms with Crippen LogP contribution in [0.15, 0.2) is 24.3 Å². The lowest BCUT2D eigenvalue weighted by Gasteiger charge is -2.20. The molecule has 2 aromatic rings. The lowest BCUT2D eigenvalue weighted by Crippen LogP contribution is -2.17. The maximum absolute atomic E-state index is 5.54. The molecular weight excluding hydrogens is 248 g/mol. The van der Waals surface area contributed by atoms with Crippen LogP contribution in [0.5, 0.6) is 0 Å².